The molecule has 0 saturated carbocycles. The van der Waals surface area contributed by atoms with Crippen molar-refractivity contribution in [3.8, 4) is 5.75 Å². The second-order valence-corrected chi connectivity index (χ2v) is 9.17. The van der Waals surface area contributed by atoms with Gasteiger partial charge in [-0.3, -0.25) is 14.4 Å². The summed E-state index contributed by atoms with van der Waals surface area (Å²) >= 11 is 4.62. The van der Waals surface area contributed by atoms with Crippen LogP contribution < -0.4 is 9.64 Å². The third kappa shape index (κ3) is 5.55. The summed E-state index contributed by atoms with van der Waals surface area (Å²) in [5.41, 5.74) is 1.02. The first kappa shape index (κ1) is 22.9. The first-order valence-corrected chi connectivity index (χ1v) is 11.7. The van der Waals surface area contributed by atoms with Crippen molar-refractivity contribution >= 4 is 56.6 Å². The highest BCUT2D eigenvalue weighted by Crippen LogP contribution is 2.27. The van der Waals surface area contributed by atoms with Crippen LogP contribution in [-0.2, 0) is 14.3 Å². The van der Waals surface area contributed by atoms with Crippen LogP contribution in [0.2, 0.25) is 0 Å². The molecule has 1 aromatic heterocycles. The zero-order valence-electron chi connectivity index (χ0n) is 17.2. The fourth-order valence-corrected chi connectivity index (χ4v) is 4.20. The van der Waals surface area contributed by atoms with Gasteiger partial charge in [0.1, 0.15) is 10.6 Å². The molecule has 2 heterocycles. The number of ether oxygens (including phenoxy) is 2. The molecule has 1 fully saturated rings. The maximum Gasteiger partial charge on any atom is 0.353 e. The standard InChI is InChI=1S/C24H18BrNO6S/c25-17-5-7-18(8-6-17)26-13-16(12-22(26)28)23(29)31-14-20(27)15-3-9-19(10-4-15)32-24(30)21-2-1-11-33-21/h1-11,16H,12-14H2/t16-/m0/s1. The normalized spacial score (nSPS) is 15.4. The van der Waals surface area contributed by atoms with Crippen molar-refractivity contribution in [1.82, 2.24) is 0 Å². The van der Waals surface area contributed by atoms with E-state index in [1.165, 1.54) is 40.5 Å². The number of hydrogen-bond acceptors (Lipinski definition) is 7. The van der Waals surface area contributed by atoms with Crippen LogP contribution in [0.1, 0.15) is 26.5 Å². The van der Waals surface area contributed by atoms with E-state index in [2.05, 4.69) is 15.9 Å². The van der Waals surface area contributed by atoms with Gasteiger partial charge in [0.25, 0.3) is 0 Å². The molecule has 0 radical (unpaired) electrons. The maximum absolute atomic E-state index is 12.4. The molecule has 1 saturated heterocycles. The lowest BCUT2D eigenvalue weighted by atomic mass is 10.1. The van der Waals surface area contributed by atoms with E-state index >= 15 is 0 Å². The van der Waals surface area contributed by atoms with Gasteiger partial charge in [-0.15, -0.1) is 11.3 Å². The smallest absolute Gasteiger partial charge is 0.353 e. The SMILES string of the molecule is O=C(COC(=O)[C@H]1CC(=O)N(c2ccc(Br)cc2)C1)c1ccc(OC(=O)c2cccs2)cc1. The van der Waals surface area contributed by atoms with Crippen LogP contribution in [0.5, 0.6) is 5.75 Å². The molecule has 4 rings (SSSR count). The minimum atomic E-state index is -0.631. The number of esters is 2. The zero-order valence-corrected chi connectivity index (χ0v) is 19.6. The number of Topliss-reactive ketones (excluding diaryl/α,β-unsaturated/α-hetero) is 1. The Hall–Kier alpha value is -3.30. The molecule has 168 valence electrons. The molecular weight excluding hydrogens is 510 g/mol. The van der Waals surface area contributed by atoms with E-state index in [0.29, 0.717) is 21.9 Å². The van der Waals surface area contributed by atoms with Gasteiger partial charge in [0.2, 0.25) is 5.91 Å². The maximum atomic E-state index is 12.4. The molecule has 0 spiro atoms. The number of amides is 1. The van der Waals surface area contributed by atoms with Gasteiger partial charge < -0.3 is 14.4 Å². The Balaban J connectivity index is 1.28. The third-order valence-electron chi connectivity index (χ3n) is 5.05. The lowest BCUT2D eigenvalue weighted by Crippen LogP contribution is -2.27. The number of rotatable bonds is 7. The Morgan fingerprint density at radius 3 is 2.42 bits per heavy atom. The first-order chi connectivity index (χ1) is 15.9. The lowest BCUT2D eigenvalue weighted by molar-refractivity contribution is -0.147. The van der Waals surface area contributed by atoms with Crippen LogP contribution in [0.25, 0.3) is 0 Å². The minimum absolute atomic E-state index is 0.0351. The van der Waals surface area contributed by atoms with Crippen molar-refractivity contribution in [3.63, 3.8) is 0 Å². The zero-order chi connectivity index (χ0) is 23.4. The Kier molecular flexibility index (Phi) is 7.00. The molecule has 33 heavy (non-hydrogen) atoms. The van der Waals surface area contributed by atoms with Crippen molar-refractivity contribution in [1.29, 1.82) is 0 Å². The average Bonchev–Trinajstić information content (AvgIpc) is 3.49. The van der Waals surface area contributed by atoms with Crippen LogP contribution >= 0.6 is 27.3 Å². The van der Waals surface area contributed by atoms with Crippen LogP contribution in [-0.4, -0.2) is 36.8 Å². The fraction of sp³-hybridized carbons (Fsp3) is 0.167. The Morgan fingerprint density at radius 2 is 1.76 bits per heavy atom. The van der Waals surface area contributed by atoms with Gasteiger partial charge in [0, 0.05) is 28.7 Å². The predicted octanol–water partition coefficient (Wildman–Crippen LogP) is 4.51. The number of benzene rings is 2. The second kappa shape index (κ2) is 10.1. The molecule has 0 N–H and O–H groups in total. The first-order valence-electron chi connectivity index (χ1n) is 10.0. The molecule has 1 aliphatic heterocycles. The summed E-state index contributed by atoms with van der Waals surface area (Å²) in [5.74, 6) is -1.95. The molecule has 2 aromatic carbocycles. The largest absolute Gasteiger partial charge is 0.457 e. The molecule has 1 atom stereocenters. The van der Waals surface area contributed by atoms with Crippen LogP contribution in [0.4, 0.5) is 5.69 Å². The van der Waals surface area contributed by atoms with Gasteiger partial charge in [-0.05, 0) is 60.0 Å². The summed E-state index contributed by atoms with van der Waals surface area (Å²) in [6.45, 7) is -0.228. The minimum Gasteiger partial charge on any atom is -0.457 e. The Labute approximate surface area is 202 Å². The van der Waals surface area contributed by atoms with Crippen molar-refractivity contribution in [2.75, 3.05) is 18.1 Å². The molecule has 3 aromatic rings. The Bertz CT molecular complexity index is 1170. The van der Waals surface area contributed by atoms with E-state index < -0.39 is 30.2 Å². The van der Waals surface area contributed by atoms with Crippen LogP contribution in [0.3, 0.4) is 0 Å². The monoisotopic (exact) mass is 527 g/mol. The van der Waals surface area contributed by atoms with E-state index in [-0.39, 0.29) is 18.9 Å². The number of thiophene rings is 1. The highest BCUT2D eigenvalue weighted by atomic mass is 79.9. The number of hydrogen-bond donors (Lipinski definition) is 0. The lowest BCUT2D eigenvalue weighted by Gasteiger charge is -2.16. The molecule has 7 nitrogen and oxygen atoms in total. The molecule has 9 heteroatoms. The van der Waals surface area contributed by atoms with E-state index in [4.69, 9.17) is 9.47 Å². The predicted molar refractivity (Wildman–Crippen MR) is 126 cm³/mol. The van der Waals surface area contributed by atoms with Gasteiger partial charge in [-0.1, -0.05) is 22.0 Å². The summed E-state index contributed by atoms with van der Waals surface area (Å²) < 4.78 is 11.3. The number of nitrogens with zero attached hydrogens (tertiary/aromatic N) is 1. The van der Waals surface area contributed by atoms with Gasteiger partial charge >= 0.3 is 11.9 Å². The van der Waals surface area contributed by atoms with Gasteiger partial charge in [-0.2, -0.15) is 0 Å². The number of carbonyl (C=O) groups is 4. The quantitative estimate of drug-likeness (QED) is 0.255. The van der Waals surface area contributed by atoms with Crippen molar-refractivity contribution in [2.24, 2.45) is 5.92 Å². The summed E-state index contributed by atoms with van der Waals surface area (Å²) in [5, 5.41) is 1.78. The van der Waals surface area contributed by atoms with Crippen LogP contribution in [0, 0.1) is 5.92 Å². The van der Waals surface area contributed by atoms with E-state index in [1.54, 1.807) is 29.6 Å². The molecule has 1 aliphatic rings. The van der Waals surface area contributed by atoms with Gasteiger partial charge in [-0.25, -0.2) is 4.79 Å². The molecule has 0 bridgehead atoms. The van der Waals surface area contributed by atoms with Crippen molar-refractivity contribution in [3.05, 3.63) is 81.0 Å². The van der Waals surface area contributed by atoms with Gasteiger partial charge in [0.15, 0.2) is 12.4 Å². The second-order valence-electron chi connectivity index (χ2n) is 7.30. The molecule has 0 aliphatic carbocycles. The number of ketones is 1. The molecule has 0 unspecified atom stereocenters. The number of carbonyl (C=O) groups excluding carboxylic acids is 4. The summed E-state index contributed by atoms with van der Waals surface area (Å²) in [6, 6.07) is 16.7. The number of halogens is 1. The van der Waals surface area contributed by atoms with E-state index in [1.807, 2.05) is 12.1 Å². The summed E-state index contributed by atoms with van der Waals surface area (Å²) in [6.07, 6.45) is 0.0351. The van der Waals surface area contributed by atoms with E-state index in [9.17, 15) is 19.2 Å². The third-order valence-corrected chi connectivity index (χ3v) is 6.43. The summed E-state index contributed by atoms with van der Waals surface area (Å²) in [4.78, 5) is 51.2. The van der Waals surface area contributed by atoms with E-state index in [0.717, 1.165) is 4.47 Å². The molecule has 1 amide bonds. The van der Waals surface area contributed by atoms with Crippen LogP contribution in [0.15, 0.2) is 70.5 Å². The van der Waals surface area contributed by atoms with Crippen molar-refractivity contribution < 1.29 is 28.7 Å². The van der Waals surface area contributed by atoms with Crippen molar-refractivity contribution in [2.45, 2.75) is 6.42 Å². The topological polar surface area (TPSA) is 90.0 Å². The summed E-state index contributed by atoms with van der Waals surface area (Å²) in [7, 11) is 0. The fourth-order valence-electron chi connectivity index (χ4n) is 3.33. The average molecular weight is 528 g/mol. The highest BCUT2D eigenvalue weighted by molar-refractivity contribution is 9.10. The Morgan fingerprint density at radius 1 is 1.03 bits per heavy atom. The van der Waals surface area contributed by atoms with Gasteiger partial charge in [0.05, 0.1) is 5.92 Å². The molecular formula is C24H18BrNO6S. The highest BCUT2D eigenvalue weighted by Gasteiger charge is 2.36. The number of anilines is 1.